The summed E-state index contributed by atoms with van der Waals surface area (Å²) in [6.07, 6.45) is 0.173. The third-order valence-corrected chi connectivity index (χ3v) is 2.18. The first-order valence-electron chi connectivity index (χ1n) is 5.84. The predicted octanol–water partition coefficient (Wildman–Crippen LogP) is 2.94. The highest BCUT2D eigenvalue weighted by Gasteiger charge is 2.23. The standard InChI is InChI=1S/C14H19NO3/c1-11-6-5-7-12(10-11)15(8-9-16)13(17)18-14(2,3)4/h5-7,9-10H,8H2,1-4H3. The molecule has 0 aliphatic rings. The normalized spacial score (nSPS) is 10.9. The van der Waals surface area contributed by atoms with Gasteiger partial charge in [0.25, 0.3) is 0 Å². The quantitative estimate of drug-likeness (QED) is 0.774. The van der Waals surface area contributed by atoms with Crippen LogP contribution >= 0.6 is 0 Å². The summed E-state index contributed by atoms with van der Waals surface area (Å²) in [4.78, 5) is 24.0. The van der Waals surface area contributed by atoms with Crippen molar-refractivity contribution in [1.29, 1.82) is 0 Å². The van der Waals surface area contributed by atoms with E-state index in [4.69, 9.17) is 4.74 Å². The lowest BCUT2D eigenvalue weighted by Gasteiger charge is -2.26. The minimum atomic E-state index is -0.581. The van der Waals surface area contributed by atoms with Gasteiger partial charge in [-0.05, 0) is 45.4 Å². The molecule has 0 bridgehead atoms. The highest BCUT2D eigenvalue weighted by molar-refractivity contribution is 5.91. The number of hydrogen-bond donors (Lipinski definition) is 0. The Morgan fingerprint density at radius 3 is 2.56 bits per heavy atom. The topological polar surface area (TPSA) is 46.6 Å². The maximum Gasteiger partial charge on any atom is 0.415 e. The average Bonchev–Trinajstić information content (AvgIpc) is 2.23. The molecule has 0 N–H and O–H groups in total. The van der Waals surface area contributed by atoms with Crippen molar-refractivity contribution in [2.45, 2.75) is 33.3 Å². The van der Waals surface area contributed by atoms with Gasteiger partial charge in [-0.15, -0.1) is 0 Å². The molecule has 1 aromatic carbocycles. The molecule has 18 heavy (non-hydrogen) atoms. The van der Waals surface area contributed by atoms with Gasteiger partial charge in [-0.2, -0.15) is 0 Å². The highest BCUT2D eigenvalue weighted by atomic mass is 16.6. The average molecular weight is 249 g/mol. The van der Waals surface area contributed by atoms with Crippen LogP contribution in [0.15, 0.2) is 24.3 Å². The number of ether oxygens (including phenoxy) is 1. The number of aryl methyl sites for hydroxylation is 1. The smallest absolute Gasteiger partial charge is 0.415 e. The summed E-state index contributed by atoms with van der Waals surface area (Å²) in [5.74, 6) is 0. The van der Waals surface area contributed by atoms with Gasteiger partial charge in [0.15, 0.2) is 0 Å². The van der Waals surface area contributed by atoms with Gasteiger partial charge in [-0.1, -0.05) is 12.1 Å². The van der Waals surface area contributed by atoms with E-state index in [0.29, 0.717) is 12.0 Å². The summed E-state index contributed by atoms with van der Waals surface area (Å²) in [6, 6.07) is 7.39. The number of benzene rings is 1. The molecule has 4 nitrogen and oxygen atoms in total. The molecule has 1 rings (SSSR count). The van der Waals surface area contributed by atoms with Crippen LogP contribution in [0.2, 0.25) is 0 Å². The Kier molecular flexibility index (Phi) is 4.48. The van der Waals surface area contributed by atoms with Crippen LogP contribution < -0.4 is 4.90 Å². The third kappa shape index (κ3) is 4.20. The molecule has 0 fully saturated rings. The molecule has 0 aliphatic heterocycles. The molecule has 0 saturated carbocycles. The van der Waals surface area contributed by atoms with Crippen molar-refractivity contribution in [1.82, 2.24) is 0 Å². The number of rotatable bonds is 3. The van der Waals surface area contributed by atoms with Gasteiger partial charge in [0.2, 0.25) is 0 Å². The lowest BCUT2D eigenvalue weighted by atomic mass is 10.2. The Labute approximate surface area is 108 Å². The number of amides is 1. The maximum absolute atomic E-state index is 12.0. The fourth-order valence-electron chi connectivity index (χ4n) is 1.47. The second-order valence-corrected chi connectivity index (χ2v) is 5.10. The van der Waals surface area contributed by atoms with Crippen molar-refractivity contribution < 1.29 is 14.3 Å². The van der Waals surface area contributed by atoms with Crippen LogP contribution in [0, 0.1) is 6.92 Å². The molecule has 98 valence electrons. The van der Waals surface area contributed by atoms with Gasteiger partial charge in [0.1, 0.15) is 11.9 Å². The second-order valence-electron chi connectivity index (χ2n) is 5.10. The first-order chi connectivity index (χ1) is 8.33. The molecular formula is C14H19NO3. The molecule has 0 radical (unpaired) electrons. The zero-order chi connectivity index (χ0) is 13.8. The van der Waals surface area contributed by atoms with E-state index in [2.05, 4.69) is 0 Å². The highest BCUT2D eigenvalue weighted by Crippen LogP contribution is 2.18. The van der Waals surface area contributed by atoms with Crippen molar-refractivity contribution in [2.75, 3.05) is 11.4 Å². The first-order valence-corrected chi connectivity index (χ1v) is 5.84. The van der Waals surface area contributed by atoms with Gasteiger partial charge in [-0.25, -0.2) is 4.79 Å². The molecule has 0 unspecified atom stereocenters. The predicted molar refractivity (Wildman–Crippen MR) is 70.8 cm³/mol. The molecule has 4 heteroatoms. The van der Waals surface area contributed by atoms with Crippen LogP contribution in [0.5, 0.6) is 0 Å². The monoisotopic (exact) mass is 249 g/mol. The summed E-state index contributed by atoms with van der Waals surface area (Å²) in [5.41, 5.74) is 1.10. The van der Waals surface area contributed by atoms with Crippen LogP contribution in [-0.2, 0) is 9.53 Å². The molecular weight excluding hydrogens is 230 g/mol. The van der Waals surface area contributed by atoms with Crippen LogP contribution in [0.4, 0.5) is 10.5 Å². The van der Waals surface area contributed by atoms with Crippen molar-refractivity contribution >= 4 is 18.1 Å². The SMILES string of the molecule is Cc1cccc(N(CC=O)C(=O)OC(C)(C)C)c1. The molecule has 0 heterocycles. The molecule has 1 aromatic rings. The largest absolute Gasteiger partial charge is 0.443 e. The van der Waals surface area contributed by atoms with E-state index in [1.54, 1.807) is 26.8 Å². The van der Waals surface area contributed by atoms with Crippen LogP contribution in [0.25, 0.3) is 0 Å². The molecule has 0 aliphatic carbocycles. The van der Waals surface area contributed by atoms with E-state index < -0.39 is 11.7 Å². The zero-order valence-corrected chi connectivity index (χ0v) is 11.3. The van der Waals surface area contributed by atoms with Gasteiger partial charge in [-0.3, -0.25) is 4.90 Å². The van der Waals surface area contributed by atoms with E-state index in [0.717, 1.165) is 5.56 Å². The minimum absolute atomic E-state index is 0.0155. The Hall–Kier alpha value is -1.84. The lowest BCUT2D eigenvalue weighted by Crippen LogP contribution is -2.38. The van der Waals surface area contributed by atoms with Crippen molar-refractivity contribution in [3.8, 4) is 0 Å². The van der Waals surface area contributed by atoms with Crippen molar-refractivity contribution in [3.05, 3.63) is 29.8 Å². The van der Waals surface area contributed by atoms with Crippen LogP contribution in [0.1, 0.15) is 26.3 Å². The number of carbonyl (C=O) groups is 2. The van der Waals surface area contributed by atoms with Crippen LogP contribution in [0.3, 0.4) is 0 Å². The summed E-state index contributed by atoms with van der Waals surface area (Å²) < 4.78 is 5.27. The first kappa shape index (κ1) is 14.2. The summed E-state index contributed by atoms with van der Waals surface area (Å²) in [6.45, 7) is 7.29. The van der Waals surface area contributed by atoms with E-state index in [9.17, 15) is 9.59 Å². The third-order valence-electron chi connectivity index (χ3n) is 2.18. The summed E-state index contributed by atoms with van der Waals surface area (Å²) in [7, 11) is 0. The number of nitrogens with zero attached hydrogens (tertiary/aromatic N) is 1. The van der Waals surface area contributed by atoms with Gasteiger partial charge in [0, 0.05) is 5.69 Å². The van der Waals surface area contributed by atoms with E-state index in [-0.39, 0.29) is 6.54 Å². The second kappa shape index (κ2) is 5.67. The molecule has 0 atom stereocenters. The van der Waals surface area contributed by atoms with Gasteiger partial charge >= 0.3 is 6.09 Å². The van der Waals surface area contributed by atoms with E-state index in [1.165, 1.54) is 4.90 Å². The van der Waals surface area contributed by atoms with Crippen LogP contribution in [-0.4, -0.2) is 24.5 Å². The summed E-state index contributed by atoms with van der Waals surface area (Å²) in [5, 5.41) is 0. The zero-order valence-electron chi connectivity index (χ0n) is 11.3. The number of hydrogen-bond acceptors (Lipinski definition) is 3. The van der Waals surface area contributed by atoms with Crippen molar-refractivity contribution in [3.63, 3.8) is 0 Å². The van der Waals surface area contributed by atoms with E-state index >= 15 is 0 Å². The number of aldehydes is 1. The molecule has 1 amide bonds. The Bertz CT molecular complexity index is 435. The Morgan fingerprint density at radius 2 is 2.06 bits per heavy atom. The minimum Gasteiger partial charge on any atom is -0.443 e. The van der Waals surface area contributed by atoms with Gasteiger partial charge in [0.05, 0.1) is 6.54 Å². The molecule has 0 aromatic heterocycles. The lowest BCUT2D eigenvalue weighted by molar-refractivity contribution is -0.106. The number of carbonyl (C=O) groups excluding carboxylic acids is 2. The summed E-state index contributed by atoms with van der Waals surface area (Å²) >= 11 is 0. The molecule has 0 saturated heterocycles. The van der Waals surface area contributed by atoms with E-state index in [1.807, 2.05) is 25.1 Å². The van der Waals surface area contributed by atoms with Crippen molar-refractivity contribution in [2.24, 2.45) is 0 Å². The Morgan fingerprint density at radius 1 is 1.39 bits per heavy atom. The Balaban J connectivity index is 2.95. The molecule has 0 spiro atoms. The number of anilines is 1. The van der Waals surface area contributed by atoms with Gasteiger partial charge < -0.3 is 9.53 Å². The maximum atomic E-state index is 12.0. The fraction of sp³-hybridized carbons (Fsp3) is 0.429. The fourth-order valence-corrected chi connectivity index (χ4v) is 1.47.